The average Bonchev–Trinajstić information content (AvgIpc) is 3.32. The van der Waals surface area contributed by atoms with Crippen molar-refractivity contribution >= 4 is 5.96 Å². The third-order valence-corrected chi connectivity index (χ3v) is 5.17. The van der Waals surface area contributed by atoms with Crippen LogP contribution in [0.4, 0.5) is 4.39 Å². The summed E-state index contributed by atoms with van der Waals surface area (Å²) in [5, 5.41) is 3.42. The number of rotatable bonds is 6. The summed E-state index contributed by atoms with van der Waals surface area (Å²) in [7, 11) is 3.90. The molecule has 1 aromatic rings. The minimum absolute atomic E-state index is 0.148. The highest BCUT2D eigenvalue weighted by atomic mass is 19.1. The zero-order valence-electron chi connectivity index (χ0n) is 16.8. The first-order valence-electron chi connectivity index (χ1n) is 9.91. The molecule has 1 N–H and O–H groups in total. The van der Waals surface area contributed by atoms with Gasteiger partial charge >= 0.3 is 0 Å². The third-order valence-electron chi connectivity index (χ3n) is 5.17. The van der Waals surface area contributed by atoms with E-state index in [0.717, 1.165) is 49.8 Å². The van der Waals surface area contributed by atoms with Crippen molar-refractivity contribution in [3.8, 4) is 0 Å². The average molecular weight is 374 g/mol. The van der Waals surface area contributed by atoms with Gasteiger partial charge < -0.3 is 15.1 Å². The number of benzene rings is 1. The van der Waals surface area contributed by atoms with E-state index in [1.54, 1.807) is 6.07 Å². The highest BCUT2D eigenvalue weighted by Crippen LogP contribution is 2.18. The summed E-state index contributed by atoms with van der Waals surface area (Å²) in [6.45, 7) is 8.29. The Labute approximate surface area is 162 Å². The molecule has 1 atom stereocenters. The predicted octanol–water partition coefficient (Wildman–Crippen LogP) is 2.30. The molecule has 0 radical (unpaired) electrons. The maximum absolute atomic E-state index is 14.0. The second kappa shape index (κ2) is 9.33. The molecule has 1 fully saturated rings. The van der Waals surface area contributed by atoms with Crippen LogP contribution in [0.2, 0.25) is 0 Å². The molecule has 1 unspecified atom stereocenters. The van der Waals surface area contributed by atoms with Crippen LogP contribution >= 0.6 is 0 Å². The maximum atomic E-state index is 14.0. The highest BCUT2D eigenvalue weighted by molar-refractivity contribution is 5.80. The van der Waals surface area contributed by atoms with Crippen molar-refractivity contribution in [3.63, 3.8) is 0 Å². The smallest absolute Gasteiger partial charge is 0.194 e. The molecule has 148 valence electrons. The molecular weight excluding hydrogens is 341 g/mol. The van der Waals surface area contributed by atoms with Crippen molar-refractivity contribution in [2.24, 2.45) is 4.99 Å². The fraction of sp³-hybridized carbons (Fsp3) is 0.571. The van der Waals surface area contributed by atoms with Gasteiger partial charge in [0.1, 0.15) is 5.82 Å². The van der Waals surface area contributed by atoms with E-state index >= 15 is 0 Å². The summed E-state index contributed by atoms with van der Waals surface area (Å²) in [6, 6.07) is 5.93. The Morgan fingerprint density at radius 1 is 1.30 bits per heavy atom. The Hall–Kier alpha value is -1.92. The minimum Gasteiger partial charge on any atom is -0.357 e. The summed E-state index contributed by atoms with van der Waals surface area (Å²) in [4.78, 5) is 11.7. The summed E-state index contributed by atoms with van der Waals surface area (Å²) in [6.07, 6.45) is 5.68. The van der Waals surface area contributed by atoms with E-state index in [1.807, 2.05) is 31.1 Å². The van der Waals surface area contributed by atoms with Crippen molar-refractivity contribution < 1.29 is 4.39 Å². The van der Waals surface area contributed by atoms with Crippen molar-refractivity contribution in [1.29, 1.82) is 0 Å². The molecule has 2 heterocycles. The lowest BCUT2D eigenvalue weighted by molar-refractivity contribution is 0.259. The first-order valence-corrected chi connectivity index (χ1v) is 9.91. The zero-order valence-corrected chi connectivity index (χ0v) is 16.8. The standard InChI is InChI=1S/C21H32FN5/c1-4-23-21(27-12-9-19(16-27)26-10-5-6-11-26)24-14-17-7-8-20(22)18(13-17)15-25(2)3/h5-8,13,19H,4,9-12,14-16H2,1-3H3,(H,23,24). The van der Waals surface area contributed by atoms with Gasteiger partial charge in [-0.1, -0.05) is 18.2 Å². The molecule has 0 bridgehead atoms. The fourth-order valence-corrected chi connectivity index (χ4v) is 3.81. The topological polar surface area (TPSA) is 34.1 Å². The Bertz CT molecular complexity index is 677. The molecular formula is C21H32FN5. The molecule has 27 heavy (non-hydrogen) atoms. The lowest BCUT2D eigenvalue weighted by Gasteiger charge is -2.25. The molecule has 0 aromatic heterocycles. The van der Waals surface area contributed by atoms with Crippen molar-refractivity contribution in [2.45, 2.75) is 32.5 Å². The van der Waals surface area contributed by atoms with E-state index in [9.17, 15) is 4.39 Å². The number of nitrogens with zero attached hydrogens (tertiary/aromatic N) is 4. The van der Waals surface area contributed by atoms with Crippen LogP contribution in [-0.4, -0.2) is 73.5 Å². The van der Waals surface area contributed by atoms with E-state index in [0.29, 0.717) is 19.1 Å². The van der Waals surface area contributed by atoms with Gasteiger partial charge in [-0.15, -0.1) is 0 Å². The van der Waals surface area contributed by atoms with Crippen LogP contribution in [0, 0.1) is 5.82 Å². The molecule has 0 amide bonds. The quantitative estimate of drug-likeness (QED) is 0.471. The Balaban J connectivity index is 1.65. The van der Waals surface area contributed by atoms with Gasteiger partial charge in [0.05, 0.1) is 6.54 Å². The molecule has 2 aliphatic rings. The second-order valence-electron chi connectivity index (χ2n) is 7.65. The molecule has 1 aromatic carbocycles. The van der Waals surface area contributed by atoms with E-state index < -0.39 is 0 Å². The van der Waals surface area contributed by atoms with Gasteiger partial charge in [0.25, 0.3) is 0 Å². The minimum atomic E-state index is -0.148. The molecule has 0 saturated carbocycles. The molecule has 1 saturated heterocycles. The van der Waals surface area contributed by atoms with Crippen LogP contribution in [0.3, 0.4) is 0 Å². The van der Waals surface area contributed by atoms with E-state index in [2.05, 4.69) is 34.2 Å². The van der Waals surface area contributed by atoms with E-state index in [4.69, 9.17) is 4.99 Å². The van der Waals surface area contributed by atoms with Gasteiger partial charge in [0.2, 0.25) is 0 Å². The molecule has 6 heteroatoms. The summed E-state index contributed by atoms with van der Waals surface area (Å²) in [5.41, 5.74) is 1.77. The van der Waals surface area contributed by atoms with Crippen LogP contribution in [0.5, 0.6) is 0 Å². The Morgan fingerprint density at radius 3 is 2.78 bits per heavy atom. The predicted molar refractivity (Wildman–Crippen MR) is 109 cm³/mol. The van der Waals surface area contributed by atoms with Crippen molar-refractivity contribution in [1.82, 2.24) is 20.0 Å². The van der Waals surface area contributed by atoms with Gasteiger partial charge in [0, 0.05) is 50.9 Å². The summed E-state index contributed by atoms with van der Waals surface area (Å²) in [5.74, 6) is 0.815. The normalized spacial score (nSPS) is 20.9. The molecule has 5 nitrogen and oxygen atoms in total. The van der Waals surface area contributed by atoms with Gasteiger partial charge in [-0.2, -0.15) is 0 Å². The van der Waals surface area contributed by atoms with Crippen LogP contribution in [0.15, 0.2) is 35.3 Å². The lowest BCUT2D eigenvalue weighted by atomic mass is 10.1. The third kappa shape index (κ3) is 5.30. The molecule has 2 aliphatic heterocycles. The van der Waals surface area contributed by atoms with Gasteiger partial charge in [0.15, 0.2) is 5.96 Å². The summed E-state index contributed by atoms with van der Waals surface area (Å²) < 4.78 is 14.0. The van der Waals surface area contributed by atoms with Crippen LogP contribution in [0.25, 0.3) is 0 Å². The van der Waals surface area contributed by atoms with Crippen LogP contribution in [0.1, 0.15) is 24.5 Å². The first kappa shape index (κ1) is 19.8. The highest BCUT2D eigenvalue weighted by Gasteiger charge is 2.29. The lowest BCUT2D eigenvalue weighted by Crippen LogP contribution is -2.42. The number of hydrogen-bond acceptors (Lipinski definition) is 3. The van der Waals surface area contributed by atoms with Crippen molar-refractivity contribution in [2.75, 3.05) is 46.8 Å². The maximum Gasteiger partial charge on any atom is 0.194 e. The SMILES string of the molecule is CCNC(=NCc1ccc(F)c(CN(C)C)c1)N1CCC(N2CC=CC2)C1. The number of guanidine groups is 1. The number of nitrogens with one attached hydrogen (secondary N) is 1. The largest absolute Gasteiger partial charge is 0.357 e. The van der Waals surface area contributed by atoms with E-state index in [1.165, 1.54) is 6.42 Å². The van der Waals surface area contributed by atoms with Crippen molar-refractivity contribution in [3.05, 3.63) is 47.3 Å². The van der Waals surface area contributed by atoms with Gasteiger partial charge in [-0.05, 0) is 45.1 Å². The first-order chi connectivity index (χ1) is 13.1. The number of hydrogen-bond donors (Lipinski definition) is 1. The summed E-state index contributed by atoms with van der Waals surface area (Å²) >= 11 is 0. The fourth-order valence-electron chi connectivity index (χ4n) is 3.81. The molecule has 0 aliphatic carbocycles. The van der Waals surface area contributed by atoms with Gasteiger partial charge in [-0.25, -0.2) is 9.38 Å². The van der Waals surface area contributed by atoms with Crippen LogP contribution in [-0.2, 0) is 13.1 Å². The Kier molecular flexibility index (Phi) is 6.85. The van der Waals surface area contributed by atoms with Gasteiger partial charge in [-0.3, -0.25) is 4.90 Å². The monoisotopic (exact) mass is 373 g/mol. The number of halogens is 1. The Morgan fingerprint density at radius 2 is 2.07 bits per heavy atom. The number of aliphatic imine (C=N–C) groups is 1. The molecule has 0 spiro atoms. The van der Waals surface area contributed by atoms with E-state index in [-0.39, 0.29) is 5.82 Å². The van der Waals surface area contributed by atoms with Crippen LogP contribution < -0.4 is 5.32 Å². The molecule has 3 rings (SSSR count). The second-order valence-corrected chi connectivity index (χ2v) is 7.65. The number of likely N-dealkylation sites (tertiary alicyclic amines) is 1. The zero-order chi connectivity index (χ0) is 19.2.